The van der Waals surface area contributed by atoms with Gasteiger partial charge in [-0.05, 0) is 19.9 Å². The lowest BCUT2D eigenvalue weighted by Crippen LogP contribution is -2.24. The van der Waals surface area contributed by atoms with E-state index in [4.69, 9.17) is 18.6 Å². The molecule has 0 aromatic rings. The third-order valence-electron chi connectivity index (χ3n) is 1.41. The molecular formula is C8H18O4Si. The van der Waals surface area contributed by atoms with E-state index in [9.17, 15) is 0 Å². The summed E-state index contributed by atoms with van der Waals surface area (Å²) in [5.41, 5.74) is 0. The van der Waals surface area contributed by atoms with Crippen LogP contribution in [0.2, 0.25) is 0 Å². The SMILES string of the molecule is CC=C(OCC)O[SiH2]C(OC)OC. The second-order valence-electron chi connectivity index (χ2n) is 2.25. The Labute approximate surface area is 81.8 Å². The van der Waals surface area contributed by atoms with Crippen molar-refractivity contribution < 1.29 is 18.6 Å². The predicted molar refractivity (Wildman–Crippen MR) is 52.8 cm³/mol. The summed E-state index contributed by atoms with van der Waals surface area (Å²) < 4.78 is 20.6. The summed E-state index contributed by atoms with van der Waals surface area (Å²) in [5.74, 6) is 0.351. The van der Waals surface area contributed by atoms with Gasteiger partial charge in [0.1, 0.15) is 0 Å². The van der Waals surface area contributed by atoms with Gasteiger partial charge in [-0.1, -0.05) is 0 Å². The molecule has 5 heteroatoms. The van der Waals surface area contributed by atoms with Crippen molar-refractivity contribution in [2.24, 2.45) is 0 Å². The summed E-state index contributed by atoms with van der Waals surface area (Å²) >= 11 is 0. The van der Waals surface area contributed by atoms with Crippen LogP contribution in [0.15, 0.2) is 12.0 Å². The zero-order valence-corrected chi connectivity index (χ0v) is 10.1. The van der Waals surface area contributed by atoms with Gasteiger partial charge in [-0.3, -0.25) is 0 Å². The van der Waals surface area contributed by atoms with Gasteiger partial charge in [0.15, 0.2) is 5.91 Å². The van der Waals surface area contributed by atoms with Crippen LogP contribution in [-0.2, 0) is 18.6 Å². The summed E-state index contributed by atoms with van der Waals surface area (Å²) in [6, 6.07) is 0. The molecule has 78 valence electrons. The second-order valence-corrected chi connectivity index (χ2v) is 3.54. The molecule has 0 aliphatic heterocycles. The number of methoxy groups -OCH3 is 2. The van der Waals surface area contributed by atoms with Gasteiger partial charge in [0.05, 0.1) is 6.61 Å². The first kappa shape index (κ1) is 12.5. The van der Waals surface area contributed by atoms with E-state index in [2.05, 4.69) is 0 Å². The van der Waals surface area contributed by atoms with Gasteiger partial charge in [0.25, 0.3) is 15.7 Å². The quantitative estimate of drug-likeness (QED) is 0.346. The van der Waals surface area contributed by atoms with Gasteiger partial charge in [0.2, 0.25) is 0 Å². The molecule has 0 amide bonds. The van der Waals surface area contributed by atoms with E-state index in [-0.39, 0.29) is 5.91 Å². The van der Waals surface area contributed by atoms with Crippen molar-refractivity contribution in [3.63, 3.8) is 0 Å². The van der Waals surface area contributed by atoms with Crippen LogP contribution < -0.4 is 0 Å². The monoisotopic (exact) mass is 206 g/mol. The molecule has 0 aromatic heterocycles. The van der Waals surface area contributed by atoms with Gasteiger partial charge in [0, 0.05) is 14.2 Å². The minimum Gasteiger partial charge on any atom is -0.519 e. The highest BCUT2D eigenvalue weighted by Gasteiger charge is 2.08. The maximum atomic E-state index is 5.40. The highest BCUT2D eigenvalue weighted by molar-refractivity contribution is 6.28. The van der Waals surface area contributed by atoms with E-state index >= 15 is 0 Å². The molecule has 0 aliphatic carbocycles. The summed E-state index contributed by atoms with van der Waals surface area (Å²) in [6.07, 6.45) is 1.79. The fourth-order valence-corrected chi connectivity index (χ4v) is 1.56. The molecule has 0 aliphatic rings. The molecule has 0 aromatic carbocycles. The molecular weight excluding hydrogens is 188 g/mol. The van der Waals surface area contributed by atoms with Crippen molar-refractivity contribution in [2.45, 2.75) is 19.8 Å². The van der Waals surface area contributed by atoms with E-state index in [0.29, 0.717) is 12.6 Å². The van der Waals surface area contributed by atoms with Crippen molar-refractivity contribution in [3.05, 3.63) is 12.0 Å². The van der Waals surface area contributed by atoms with Gasteiger partial charge in [-0.2, -0.15) is 0 Å². The Morgan fingerprint density at radius 3 is 2.38 bits per heavy atom. The maximum absolute atomic E-state index is 5.40. The number of ether oxygens (including phenoxy) is 3. The van der Waals surface area contributed by atoms with Crippen LogP contribution in [0.4, 0.5) is 0 Å². The molecule has 0 N–H and O–H groups in total. The molecule has 0 heterocycles. The van der Waals surface area contributed by atoms with Crippen molar-refractivity contribution in [2.75, 3.05) is 20.8 Å². The van der Waals surface area contributed by atoms with Crippen molar-refractivity contribution >= 4 is 9.76 Å². The molecule has 0 radical (unpaired) electrons. The average Bonchev–Trinajstić information content (AvgIpc) is 2.17. The normalized spacial score (nSPS) is 12.8. The van der Waals surface area contributed by atoms with Crippen LogP contribution in [0.25, 0.3) is 0 Å². The minimum absolute atomic E-state index is 0.213. The van der Waals surface area contributed by atoms with E-state index in [1.165, 1.54) is 0 Å². The minimum atomic E-state index is -0.891. The molecule has 13 heavy (non-hydrogen) atoms. The fraction of sp³-hybridized carbons (Fsp3) is 0.750. The molecule has 0 saturated carbocycles. The van der Waals surface area contributed by atoms with Crippen molar-refractivity contribution in [1.29, 1.82) is 0 Å². The molecule has 0 saturated heterocycles. The van der Waals surface area contributed by atoms with Crippen molar-refractivity contribution in [3.8, 4) is 0 Å². The van der Waals surface area contributed by atoms with Crippen LogP contribution in [0, 0.1) is 0 Å². The van der Waals surface area contributed by atoms with Gasteiger partial charge < -0.3 is 18.6 Å². The molecule has 0 unspecified atom stereocenters. The molecule has 0 bridgehead atoms. The lowest BCUT2D eigenvalue weighted by molar-refractivity contribution is -0.0542. The highest BCUT2D eigenvalue weighted by atomic mass is 28.2. The largest absolute Gasteiger partial charge is 0.519 e. The first-order valence-corrected chi connectivity index (χ1v) is 5.65. The lowest BCUT2D eigenvalue weighted by Gasteiger charge is -2.15. The fourth-order valence-electron chi connectivity index (χ4n) is 0.733. The maximum Gasteiger partial charge on any atom is 0.282 e. The molecule has 0 atom stereocenters. The van der Waals surface area contributed by atoms with Crippen LogP contribution >= 0.6 is 0 Å². The Bertz CT molecular complexity index is 145. The number of allylic oxidation sites excluding steroid dienone is 1. The summed E-state index contributed by atoms with van der Waals surface area (Å²) in [5, 5.41) is 0. The summed E-state index contributed by atoms with van der Waals surface area (Å²) in [4.78, 5) is 0. The number of hydrogen-bond donors (Lipinski definition) is 0. The van der Waals surface area contributed by atoms with Gasteiger partial charge >= 0.3 is 0 Å². The van der Waals surface area contributed by atoms with E-state index < -0.39 is 9.76 Å². The highest BCUT2D eigenvalue weighted by Crippen LogP contribution is 2.00. The third-order valence-corrected chi connectivity index (χ3v) is 2.80. The Morgan fingerprint density at radius 2 is 2.00 bits per heavy atom. The number of hydrogen-bond acceptors (Lipinski definition) is 4. The van der Waals surface area contributed by atoms with E-state index in [0.717, 1.165) is 0 Å². The molecule has 4 nitrogen and oxygen atoms in total. The Kier molecular flexibility index (Phi) is 7.77. The van der Waals surface area contributed by atoms with Crippen LogP contribution in [0.1, 0.15) is 13.8 Å². The Balaban J connectivity index is 3.70. The summed E-state index contributed by atoms with van der Waals surface area (Å²) in [7, 11) is 2.30. The molecule has 0 fully saturated rings. The first-order valence-electron chi connectivity index (χ1n) is 4.25. The Hall–Kier alpha value is -0.523. The zero-order valence-electron chi connectivity index (χ0n) is 8.70. The molecule has 0 spiro atoms. The zero-order chi connectivity index (χ0) is 10.1. The van der Waals surface area contributed by atoms with E-state index in [1.54, 1.807) is 20.3 Å². The van der Waals surface area contributed by atoms with Gasteiger partial charge in [-0.25, -0.2) is 0 Å². The standard InChI is InChI=1S/C8H18O4Si/c1-5-7(11-6-2)12-13-8(9-3)10-4/h5,8H,6,13H2,1-4H3. The second kappa shape index (κ2) is 8.09. The number of rotatable bonds is 7. The predicted octanol–water partition coefficient (Wildman–Crippen LogP) is 0.561. The lowest BCUT2D eigenvalue weighted by atomic mass is 10.7. The van der Waals surface area contributed by atoms with Crippen LogP contribution in [0.3, 0.4) is 0 Å². The van der Waals surface area contributed by atoms with Gasteiger partial charge in [-0.15, -0.1) is 0 Å². The third kappa shape index (κ3) is 5.68. The van der Waals surface area contributed by atoms with E-state index in [1.807, 2.05) is 13.8 Å². The molecule has 0 rings (SSSR count). The van der Waals surface area contributed by atoms with Crippen LogP contribution in [0.5, 0.6) is 0 Å². The van der Waals surface area contributed by atoms with Crippen LogP contribution in [-0.4, -0.2) is 36.5 Å². The Morgan fingerprint density at radius 1 is 1.38 bits per heavy atom. The van der Waals surface area contributed by atoms with Crippen molar-refractivity contribution in [1.82, 2.24) is 0 Å². The topological polar surface area (TPSA) is 36.9 Å². The first-order chi connectivity index (χ1) is 6.28. The average molecular weight is 206 g/mol. The summed E-state index contributed by atoms with van der Waals surface area (Å²) in [6.45, 7) is 4.39. The smallest absolute Gasteiger partial charge is 0.282 e.